The van der Waals surface area contributed by atoms with Gasteiger partial charge in [0.15, 0.2) is 4.34 Å². The first-order chi connectivity index (χ1) is 9.45. The van der Waals surface area contributed by atoms with Crippen molar-refractivity contribution in [2.45, 2.75) is 15.7 Å². The second-order valence-electron chi connectivity index (χ2n) is 3.65. The number of rotatable bonds is 5. The highest BCUT2D eigenvalue weighted by molar-refractivity contribution is 8.01. The van der Waals surface area contributed by atoms with Gasteiger partial charge in [-0.3, -0.25) is 14.9 Å². The van der Waals surface area contributed by atoms with Gasteiger partial charge in [-0.1, -0.05) is 11.8 Å². The van der Waals surface area contributed by atoms with Gasteiger partial charge in [0.25, 0.3) is 5.69 Å². The first-order valence-electron chi connectivity index (χ1n) is 5.23. The maximum Gasteiger partial charge on any atom is 0.309 e. The van der Waals surface area contributed by atoms with Crippen LogP contribution in [0.1, 0.15) is 5.69 Å². The second-order valence-corrected chi connectivity index (χ2v) is 5.79. The van der Waals surface area contributed by atoms with E-state index in [1.807, 2.05) is 0 Å². The molecule has 1 N–H and O–H groups in total. The number of nitro benzene ring substituents is 1. The molecule has 0 saturated carbocycles. The van der Waals surface area contributed by atoms with Gasteiger partial charge in [0, 0.05) is 11.4 Å². The summed E-state index contributed by atoms with van der Waals surface area (Å²) in [7, 11) is 0. The summed E-state index contributed by atoms with van der Waals surface area (Å²) in [5.74, 6) is -1.59. The SMILES string of the molecule is O=C(O)Cc1csc(Sc2cc(F)ccc2[N+](=O)[O-])n1. The average molecular weight is 314 g/mol. The van der Waals surface area contributed by atoms with E-state index in [0.29, 0.717) is 10.0 Å². The molecule has 1 aromatic carbocycles. The number of hydrogen-bond acceptors (Lipinski definition) is 6. The molecular weight excluding hydrogens is 307 g/mol. The van der Waals surface area contributed by atoms with Gasteiger partial charge in [-0.05, 0) is 12.1 Å². The fourth-order valence-corrected chi connectivity index (χ4v) is 3.30. The van der Waals surface area contributed by atoms with Crippen LogP contribution >= 0.6 is 23.1 Å². The number of hydrogen-bond donors (Lipinski definition) is 1. The van der Waals surface area contributed by atoms with Crippen LogP contribution in [0.4, 0.5) is 10.1 Å². The van der Waals surface area contributed by atoms with Gasteiger partial charge in [0.1, 0.15) is 5.82 Å². The third-order valence-corrected chi connectivity index (χ3v) is 4.21. The number of halogens is 1. The molecule has 0 saturated heterocycles. The highest BCUT2D eigenvalue weighted by Gasteiger charge is 2.17. The molecule has 2 rings (SSSR count). The number of carboxylic acids is 1. The Kier molecular flexibility index (Phi) is 4.30. The van der Waals surface area contributed by atoms with Gasteiger partial charge in [0.2, 0.25) is 0 Å². The molecule has 0 atom stereocenters. The van der Waals surface area contributed by atoms with Crippen molar-refractivity contribution in [3.05, 3.63) is 45.2 Å². The number of nitro groups is 1. The van der Waals surface area contributed by atoms with E-state index < -0.39 is 16.7 Å². The van der Waals surface area contributed by atoms with E-state index in [4.69, 9.17) is 5.11 Å². The van der Waals surface area contributed by atoms with Crippen molar-refractivity contribution >= 4 is 34.8 Å². The van der Waals surface area contributed by atoms with Gasteiger partial charge in [-0.25, -0.2) is 9.37 Å². The maximum absolute atomic E-state index is 13.2. The van der Waals surface area contributed by atoms with Gasteiger partial charge in [-0.2, -0.15) is 0 Å². The molecule has 0 amide bonds. The molecule has 0 spiro atoms. The fourth-order valence-electron chi connectivity index (χ4n) is 1.39. The fraction of sp³-hybridized carbons (Fsp3) is 0.0909. The van der Waals surface area contributed by atoms with Crippen molar-refractivity contribution in [1.82, 2.24) is 4.98 Å². The van der Waals surface area contributed by atoms with E-state index in [2.05, 4.69) is 4.98 Å². The summed E-state index contributed by atoms with van der Waals surface area (Å²) in [4.78, 5) is 25.0. The molecule has 9 heteroatoms. The minimum absolute atomic E-state index is 0.131. The lowest BCUT2D eigenvalue weighted by Crippen LogP contribution is -1.99. The summed E-state index contributed by atoms with van der Waals surface area (Å²) in [6.07, 6.45) is -0.220. The van der Waals surface area contributed by atoms with Crippen LogP contribution in [0, 0.1) is 15.9 Å². The monoisotopic (exact) mass is 314 g/mol. The first-order valence-corrected chi connectivity index (χ1v) is 6.93. The van der Waals surface area contributed by atoms with Crippen LogP contribution in [0.15, 0.2) is 32.8 Å². The lowest BCUT2D eigenvalue weighted by atomic mass is 10.3. The minimum Gasteiger partial charge on any atom is -0.481 e. The predicted molar refractivity (Wildman–Crippen MR) is 70.6 cm³/mol. The zero-order chi connectivity index (χ0) is 14.7. The van der Waals surface area contributed by atoms with Crippen molar-refractivity contribution in [3.8, 4) is 0 Å². The topological polar surface area (TPSA) is 93.3 Å². The van der Waals surface area contributed by atoms with Gasteiger partial charge in [0.05, 0.1) is 21.9 Å². The third-order valence-electron chi connectivity index (χ3n) is 2.18. The zero-order valence-electron chi connectivity index (χ0n) is 9.78. The molecule has 0 aliphatic carbocycles. The van der Waals surface area contributed by atoms with E-state index in [0.717, 1.165) is 41.3 Å². The predicted octanol–water partition coefficient (Wildman–Crippen LogP) is 2.97. The van der Waals surface area contributed by atoms with Crippen LogP contribution in [-0.4, -0.2) is 21.0 Å². The minimum atomic E-state index is -1.01. The summed E-state index contributed by atoms with van der Waals surface area (Å²) in [5.41, 5.74) is 0.149. The Morgan fingerprint density at radius 3 is 2.95 bits per heavy atom. The molecule has 0 radical (unpaired) electrons. The van der Waals surface area contributed by atoms with E-state index in [1.165, 1.54) is 0 Å². The van der Waals surface area contributed by atoms with Crippen LogP contribution in [0.2, 0.25) is 0 Å². The van der Waals surface area contributed by atoms with Crippen molar-refractivity contribution in [1.29, 1.82) is 0 Å². The van der Waals surface area contributed by atoms with E-state index in [9.17, 15) is 19.3 Å². The maximum atomic E-state index is 13.2. The van der Waals surface area contributed by atoms with Crippen LogP contribution in [-0.2, 0) is 11.2 Å². The Morgan fingerprint density at radius 1 is 1.55 bits per heavy atom. The van der Waals surface area contributed by atoms with Gasteiger partial charge < -0.3 is 5.11 Å². The second kappa shape index (κ2) is 5.97. The Labute approximate surface area is 120 Å². The standard InChI is InChI=1S/C11H7FN2O4S2/c12-6-1-2-8(14(17)18)9(3-6)20-11-13-7(5-19-11)4-10(15)16/h1-3,5H,4H2,(H,15,16). The molecule has 0 bridgehead atoms. The third kappa shape index (κ3) is 3.52. The molecule has 2 aromatic rings. The van der Waals surface area contributed by atoms with Gasteiger partial charge in [-0.15, -0.1) is 11.3 Å². The summed E-state index contributed by atoms with van der Waals surface area (Å²) >= 11 is 2.09. The molecule has 1 aromatic heterocycles. The molecule has 0 aliphatic heterocycles. The lowest BCUT2D eigenvalue weighted by molar-refractivity contribution is -0.387. The number of carboxylic acid groups (broad SMARTS) is 1. The van der Waals surface area contributed by atoms with E-state index in [1.54, 1.807) is 5.38 Å². The van der Waals surface area contributed by atoms with E-state index >= 15 is 0 Å². The van der Waals surface area contributed by atoms with Crippen LogP contribution < -0.4 is 0 Å². The molecule has 0 unspecified atom stereocenters. The Morgan fingerprint density at radius 2 is 2.30 bits per heavy atom. The highest BCUT2D eigenvalue weighted by atomic mass is 32.2. The summed E-state index contributed by atoms with van der Waals surface area (Å²) < 4.78 is 13.6. The first kappa shape index (κ1) is 14.4. The van der Waals surface area contributed by atoms with Gasteiger partial charge >= 0.3 is 5.97 Å². The number of nitrogens with zero attached hydrogens (tertiary/aromatic N) is 2. The number of carbonyl (C=O) groups is 1. The van der Waals surface area contributed by atoms with Crippen molar-refractivity contribution in [2.75, 3.05) is 0 Å². The van der Waals surface area contributed by atoms with Crippen LogP contribution in [0.5, 0.6) is 0 Å². The summed E-state index contributed by atoms with van der Waals surface area (Å²) in [5, 5.41) is 21.0. The number of benzene rings is 1. The quantitative estimate of drug-likeness (QED) is 0.673. The molecule has 20 heavy (non-hydrogen) atoms. The Balaban J connectivity index is 2.25. The Bertz CT molecular complexity index is 674. The normalized spacial score (nSPS) is 10.4. The molecular formula is C11H7FN2O4S2. The molecule has 0 aliphatic rings. The summed E-state index contributed by atoms with van der Waals surface area (Å²) in [6, 6.07) is 3.16. The lowest BCUT2D eigenvalue weighted by Gasteiger charge is -2.00. The molecule has 104 valence electrons. The van der Waals surface area contributed by atoms with E-state index in [-0.39, 0.29) is 17.0 Å². The largest absolute Gasteiger partial charge is 0.481 e. The highest BCUT2D eigenvalue weighted by Crippen LogP contribution is 2.36. The van der Waals surface area contributed by atoms with Crippen molar-refractivity contribution in [2.24, 2.45) is 0 Å². The molecule has 1 heterocycles. The molecule has 0 fully saturated rings. The zero-order valence-corrected chi connectivity index (χ0v) is 11.4. The number of thiazole rings is 1. The van der Waals surface area contributed by atoms with Crippen LogP contribution in [0.25, 0.3) is 0 Å². The van der Waals surface area contributed by atoms with Crippen molar-refractivity contribution in [3.63, 3.8) is 0 Å². The molecule has 6 nitrogen and oxygen atoms in total. The average Bonchev–Trinajstić information content (AvgIpc) is 2.75. The van der Waals surface area contributed by atoms with Crippen LogP contribution in [0.3, 0.4) is 0 Å². The summed E-state index contributed by atoms with van der Waals surface area (Å²) in [6.45, 7) is 0. The smallest absolute Gasteiger partial charge is 0.309 e. The number of aliphatic carboxylic acids is 1. The van der Waals surface area contributed by atoms with Crippen molar-refractivity contribution < 1.29 is 19.2 Å². The Hall–Kier alpha value is -2.00. The number of aromatic nitrogens is 1.